The van der Waals surface area contributed by atoms with Gasteiger partial charge in [0.25, 0.3) is 0 Å². The molecule has 0 saturated carbocycles. The van der Waals surface area contributed by atoms with Crippen LogP contribution in [0.5, 0.6) is 0 Å². The quantitative estimate of drug-likeness (QED) is 0.568. The smallest absolute Gasteiger partial charge is 0.00669 e. The van der Waals surface area contributed by atoms with Gasteiger partial charge in [0, 0.05) is 6.04 Å². The van der Waals surface area contributed by atoms with Crippen LogP contribution >= 0.6 is 0 Å². The van der Waals surface area contributed by atoms with Crippen molar-refractivity contribution >= 4 is 0 Å². The second-order valence-corrected chi connectivity index (χ2v) is 4.88. The number of hydrogen-bond donors (Lipinski definition) is 1. The number of nitrogens with one attached hydrogen (secondary N) is 1. The van der Waals surface area contributed by atoms with Crippen LogP contribution in [0.15, 0.2) is 0 Å². The van der Waals surface area contributed by atoms with Crippen molar-refractivity contribution in [2.75, 3.05) is 6.54 Å². The van der Waals surface area contributed by atoms with Gasteiger partial charge in [0.2, 0.25) is 0 Å². The van der Waals surface area contributed by atoms with Crippen molar-refractivity contribution in [1.82, 2.24) is 5.32 Å². The van der Waals surface area contributed by atoms with Crippen LogP contribution in [0.25, 0.3) is 0 Å². The Bertz CT molecular complexity index is 123. The lowest BCUT2D eigenvalue weighted by Crippen LogP contribution is -2.29. The molecule has 0 aromatic rings. The van der Waals surface area contributed by atoms with Crippen LogP contribution in [0.2, 0.25) is 0 Å². The zero-order valence-corrected chi connectivity index (χ0v) is 11.3. The van der Waals surface area contributed by atoms with Crippen LogP contribution < -0.4 is 5.32 Å². The third-order valence-corrected chi connectivity index (χ3v) is 3.27. The molecule has 0 spiro atoms. The van der Waals surface area contributed by atoms with E-state index >= 15 is 0 Å². The molecule has 0 amide bonds. The fraction of sp³-hybridized carbons (Fsp3) is 1.00. The van der Waals surface area contributed by atoms with E-state index in [9.17, 15) is 0 Å². The van der Waals surface area contributed by atoms with Gasteiger partial charge in [0.15, 0.2) is 0 Å². The largest absolute Gasteiger partial charge is 0.314 e. The van der Waals surface area contributed by atoms with Crippen molar-refractivity contribution in [3.63, 3.8) is 0 Å². The van der Waals surface area contributed by atoms with Crippen LogP contribution in [0.1, 0.15) is 72.6 Å². The van der Waals surface area contributed by atoms with Gasteiger partial charge in [-0.15, -0.1) is 0 Å². The maximum absolute atomic E-state index is 3.66. The summed E-state index contributed by atoms with van der Waals surface area (Å²) >= 11 is 0. The van der Waals surface area contributed by atoms with Gasteiger partial charge < -0.3 is 5.32 Å². The molecule has 2 unspecified atom stereocenters. The highest BCUT2D eigenvalue weighted by atomic mass is 14.9. The van der Waals surface area contributed by atoms with Gasteiger partial charge in [0.1, 0.15) is 0 Å². The molecular formula is C14H31N. The van der Waals surface area contributed by atoms with Gasteiger partial charge in [-0.1, -0.05) is 53.4 Å². The molecule has 1 heteroatoms. The highest BCUT2D eigenvalue weighted by Crippen LogP contribution is 2.14. The van der Waals surface area contributed by atoms with Gasteiger partial charge in [-0.2, -0.15) is 0 Å². The Morgan fingerprint density at radius 3 is 2.20 bits per heavy atom. The Hall–Kier alpha value is -0.0400. The SMILES string of the molecule is CCCNC(CCC)CCCC(C)CC. The Morgan fingerprint density at radius 1 is 0.933 bits per heavy atom. The molecule has 0 fully saturated rings. The van der Waals surface area contributed by atoms with E-state index in [-0.39, 0.29) is 0 Å². The summed E-state index contributed by atoms with van der Waals surface area (Å²) in [6.07, 6.45) is 9.43. The third kappa shape index (κ3) is 8.92. The summed E-state index contributed by atoms with van der Waals surface area (Å²) in [7, 11) is 0. The first-order valence-corrected chi connectivity index (χ1v) is 6.97. The molecule has 0 aromatic heterocycles. The Balaban J connectivity index is 3.55. The molecule has 0 aliphatic carbocycles. The van der Waals surface area contributed by atoms with Crippen molar-refractivity contribution < 1.29 is 0 Å². The highest BCUT2D eigenvalue weighted by Gasteiger charge is 2.07. The predicted octanol–water partition coefficient (Wildman–Crippen LogP) is 4.37. The maximum Gasteiger partial charge on any atom is 0.00669 e. The van der Waals surface area contributed by atoms with Crippen LogP contribution in [-0.4, -0.2) is 12.6 Å². The molecule has 0 aromatic carbocycles. The average molecular weight is 213 g/mol. The summed E-state index contributed by atoms with van der Waals surface area (Å²) < 4.78 is 0. The van der Waals surface area contributed by atoms with Crippen LogP contribution in [0, 0.1) is 5.92 Å². The summed E-state index contributed by atoms with van der Waals surface area (Å²) in [6, 6.07) is 0.777. The molecule has 1 N–H and O–H groups in total. The van der Waals surface area contributed by atoms with E-state index in [1.807, 2.05) is 0 Å². The molecule has 2 atom stereocenters. The summed E-state index contributed by atoms with van der Waals surface area (Å²) in [5.41, 5.74) is 0. The second kappa shape index (κ2) is 10.5. The summed E-state index contributed by atoms with van der Waals surface area (Å²) in [5, 5.41) is 3.66. The lowest BCUT2D eigenvalue weighted by Gasteiger charge is -2.18. The molecule has 0 aliphatic rings. The van der Waals surface area contributed by atoms with Gasteiger partial charge >= 0.3 is 0 Å². The summed E-state index contributed by atoms with van der Waals surface area (Å²) in [6.45, 7) is 10.4. The molecule has 0 saturated heterocycles. The van der Waals surface area contributed by atoms with Crippen molar-refractivity contribution in [3.05, 3.63) is 0 Å². The highest BCUT2D eigenvalue weighted by molar-refractivity contribution is 4.66. The van der Waals surface area contributed by atoms with E-state index in [1.165, 1.54) is 51.5 Å². The molecule has 0 heterocycles. The minimum absolute atomic E-state index is 0.777. The van der Waals surface area contributed by atoms with Crippen LogP contribution in [0.4, 0.5) is 0 Å². The fourth-order valence-corrected chi connectivity index (χ4v) is 1.96. The first-order valence-electron chi connectivity index (χ1n) is 6.97. The van der Waals surface area contributed by atoms with E-state index in [1.54, 1.807) is 0 Å². The first-order chi connectivity index (χ1) is 7.24. The minimum Gasteiger partial charge on any atom is -0.314 e. The van der Waals surface area contributed by atoms with Crippen molar-refractivity contribution in [2.24, 2.45) is 5.92 Å². The Labute approximate surface area is 97.0 Å². The summed E-state index contributed by atoms with van der Waals surface area (Å²) in [5.74, 6) is 0.915. The number of rotatable bonds is 10. The lowest BCUT2D eigenvalue weighted by molar-refractivity contribution is 0.403. The topological polar surface area (TPSA) is 12.0 Å². The second-order valence-electron chi connectivity index (χ2n) is 4.88. The van der Waals surface area contributed by atoms with E-state index in [0.717, 1.165) is 12.0 Å². The molecule has 1 nitrogen and oxygen atoms in total. The zero-order valence-electron chi connectivity index (χ0n) is 11.3. The average Bonchev–Trinajstić information content (AvgIpc) is 2.25. The minimum atomic E-state index is 0.777. The first kappa shape index (κ1) is 15.0. The Morgan fingerprint density at radius 2 is 1.67 bits per heavy atom. The van der Waals surface area contributed by atoms with E-state index < -0.39 is 0 Å². The molecule has 0 aliphatic heterocycles. The predicted molar refractivity (Wildman–Crippen MR) is 70.3 cm³/mol. The van der Waals surface area contributed by atoms with Crippen LogP contribution in [-0.2, 0) is 0 Å². The normalized spacial score (nSPS) is 15.2. The molecule has 0 rings (SSSR count). The van der Waals surface area contributed by atoms with Crippen molar-refractivity contribution in [3.8, 4) is 0 Å². The van der Waals surface area contributed by atoms with Gasteiger partial charge in [-0.05, 0) is 31.7 Å². The van der Waals surface area contributed by atoms with Crippen molar-refractivity contribution in [1.29, 1.82) is 0 Å². The van der Waals surface area contributed by atoms with E-state index in [0.29, 0.717) is 0 Å². The van der Waals surface area contributed by atoms with E-state index in [2.05, 4.69) is 33.0 Å². The van der Waals surface area contributed by atoms with Gasteiger partial charge in [-0.3, -0.25) is 0 Å². The molecule has 92 valence electrons. The third-order valence-electron chi connectivity index (χ3n) is 3.27. The van der Waals surface area contributed by atoms with Crippen LogP contribution in [0.3, 0.4) is 0 Å². The van der Waals surface area contributed by atoms with Gasteiger partial charge in [-0.25, -0.2) is 0 Å². The van der Waals surface area contributed by atoms with E-state index in [4.69, 9.17) is 0 Å². The Kier molecular flexibility index (Phi) is 10.4. The zero-order chi connectivity index (χ0) is 11.5. The molecule has 0 bridgehead atoms. The van der Waals surface area contributed by atoms with Gasteiger partial charge in [0.05, 0.1) is 0 Å². The monoisotopic (exact) mass is 213 g/mol. The standard InChI is InChI=1S/C14H31N/c1-5-9-14(15-12-6-2)11-8-10-13(4)7-3/h13-15H,5-12H2,1-4H3. The molecule has 15 heavy (non-hydrogen) atoms. The fourth-order valence-electron chi connectivity index (χ4n) is 1.96. The summed E-state index contributed by atoms with van der Waals surface area (Å²) in [4.78, 5) is 0. The maximum atomic E-state index is 3.66. The van der Waals surface area contributed by atoms with Crippen molar-refractivity contribution in [2.45, 2.75) is 78.7 Å². The molecule has 0 radical (unpaired) electrons. The number of hydrogen-bond acceptors (Lipinski definition) is 1. The lowest BCUT2D eigenvalue weighted by atomic mass is 9.98. The molecular weight excluding hydrogens is 182 g/mol.